The molecule has 32 heavy (non-hydrogen) atoms. The molecule has 7 nitrogen and oxygen atoms in total. The van der Waals surface area contributed by atoms with E-state index >= 15 is 0 Å². The number of aromatic nitrogens is 3. The number of hydrogen-bond donors (Lipinski definition) is 1. The molecule has 0 spiro atoms. The van der Waals surface area contributed by atoms with Gasteiger partial charge in [0.1, 0.15) is 28.9 Å². The van der Waals surface area contributed by atoms with Gasteiger partial charge in [0, 0.05) is 53.5 Å². The average molecular weight is 456 g/mol. The Morgan fingerprint density at radius 3 is 2.66 bits per heavy atom. The second-order valence-electron chi connectivity index (χ2n) is 8.71. The van der Waals surface area contributed by atoms with Gasteiger partial charge in [-0.05, 0) is 46.2 Å². The van der Waals surface area contributed by atoms with Gasteiger partial charge in [-0.15, -0.1) is 0 Å². The van der Waals surface area contributed by atoms with E-state index in [9.17, 15) is 4.79 Å². The maximum atomic E-state index is 12.4. The number of nitrogens with two attached hydrogens (primary N) is 1. The lowest BCUT2D eigenvalue weighted by Crippen LogP contribution is -2.49. The molecule has 1 aliphatic heterocycles. The molecule has 170 valence electrons. The summed E-state index contributed by atoms with van der Waals surface area (Å²) in [5.74, 6) is 1.42. The van der Waals surface area contributed by atoms with E-state index in [1.165, 1.54) is 18.0 Å². The van der Waals surface area contributed by atoms with Crippen LogP contribution in [0.3, 0.4) is 0 Å². The van der Waals surface area contributed by atoms with Gasteiger partial charge in [0.2, 0.25) is 0 Å². The summed E-state index contributed by atoms with van der Waals surface area (Å²) >= 11 is 6.74. The second-order valence-corrected chi connectivity index (χ2v) is 9.12. The summed E-state index contributed by atoms with van der Waals surface area (Å²) in [6.45, 7) is 13.1. The number of nitrogens with zero attached hydrogens (tertiary/aromatic N) is 4. The van der Waals surface area contributed by atoms with Crippen LogP contribution in [0.15, 0.2) is 29.5 Å². The number of likely N-dealkylation sites (tertiary alicyclic amines) is 1. The number of fused-ring (bicyclic) bond motifs is 1. The molecular formula is C24H30ClN5O2. The maximum Gasteiger partial charge on any atom is 0.194 e. The molecular weight excluding hydrogens is 426 g/mol. The van der Waals surface area contributed by atoms with Crippen LogP contribution in [-0.2, 0) is 0 Å². The van der Waals surface area contributed by atoms with Gasteiger partial charge in [0.15, 0.2) is 5.43 Å². The third-order valence-electron chi connectivity index (χ3n) is 6.49. The number of benzene rings is 1. The van der Waals surface area contributed by atoms with Crippen molar-refractivity contribution in [2.24, 2.45) is 0 Å². The van der Waals surface area contributed by atoms with Crippen molar-refractivity contribution in [2.75, 3.05) is 25.4 Å². The highest BCUT2D eigenvalue weighted by molar-refractivity contribution is 6.31. The minimum Gasteiger partial charge on any atom is -0.493 e. The minimum atomic E-state index is -0.197. The van der Waals surface area contributed by atoms with Crippen molar-refractivity contribution in [1.29, 1.82) is 0 Å². The van der Waals surface area contributed by atoms with Gasteiger partial charge in [-0.25, -0.2) is 9.97 Å². The fourth-order valence-electron chi connectivity index (χ4n) is 4.57. The van der Waals surface area contributed by atoms with E-state index in [1.807, 2.05) is 17.6 Å². The lowest BCUT2D eigenvalue weighted by molar-refractivity contribution is 0.107. The largest absolute Gasteiger partial charge is 0.493 e. The lowest BCUT2D eigenvalue weighted by atomic mass is 9.84. The summed E-state index contributed by atoms with van der Waals surface area (Å²) in [6.07, 6.45) is 3.13. The van der Waals surface area contributed by atoms with Crippen LogP contribution >= 0.6 is 11.6 Å². The first-order valence-electron chi connectivity index (χ1n) is 11.1. The predicted molar refractivity (Wildman–Crippen MR) is 129 cm³/mol. The second kappa shape index (κ2) is 8.71. The number of hydrogen-bond acceptors (Lipinski definition) is 6. The standard InChI is InChI=1S/C24H30ClN5O2/c1-6-32-22-17(9-18(25)14(4)20(22)16-10-29(11-16)13(2)3)15(5)30-8-7-19(31)21-23(26)27-12-28-24(21)30/h7-9,12-13,15-16H,6,10-11H2,1-5H3,(H2,26,27,28). The molecule has 2 N–H and O–H groups in total. The van der Waals surface area contributed by atoms with Crippen molar-refractivity contribution < 1.29 is 4.74 Å². The van der Waals surface area contributed by atoms with Gasteiger partial charge < -0.3 is 15.0 Å². The molecule has 1 unspecified atom stereocenters. The smallest absolute Gasteiger partial charge is 0.194 e. The Hall–Kier alpha value is -2.64. The molecule has 0 aliphatic carbocycles. The topological polar surface area (TPSA) is 86.3 Å². The highest BCUT2D eigenvalue weighted by Gasteiger charge is 2.35. The van der Waals surface area contributed by atoms with E-state index in [0.717, 1.165) is 30.0 Å². The van der Waals surface area contributed by atoms with Crippen molar-refractivity contribution in [2.45, 2.75) is 52.6 Å². The van der Waals surface area contributed by atoms with E-state index in [2.05, 4.69) is 42.6 Å². The van der Waals surface area contributed by atoms with E-state index in [4.69, 9.17) is 22.1 Å². The van der Waals surface area contributed by atoms with Crippen molar-refractivity contribution in [1.82, 2.24) is 19.4 Å². The number of pyridine rings is 1. The fourth-order valence-corrected chi connectivity index (χ4v) is 4.79. The molecule has 0 radical (unpaired) electrons. The van der Waals surface area contributed by atoms with Crippen LogP contribution in [0.1, 0.15) is 56.3 Å². The Morgan fingerprint density at radius 1 is 1.28 bits per heavy atom. The predicted octanol–water partition coefficient (Wildman–Crippen LogP) is 4.15. The molecule has 0 amide bonds. The van der Waals surface area contributed by atoms with Gasteiger partial charge in [-0.2, -0.15) is 0 Å². The molecule has 4 rings (SSSR count). The van der Waals surface area contributed by atoms with Crippen LogP contribution in [-0.4, -0.2) is 45.2 Å². The molecule has 1 fully saturated rings. The monoisotopic (exact) mass is 455 g/mol. The van der Waals surface area contributed by atoms with Crippen LogP contribution < -0.4 is 15.9 Å². The highest BCUT2D eigenvalue weighted by Crippen LogP contribution is 2.44. The van der Waals surface area contributed by atoms with E-state index in [0.29, 0.717) is 34.6 Å². The molecule has 0 bridgehead atoms. The van der Waals surface area contributed by atoms with Crippen LogP contribution in [0, 0.1) is 6.92 Å². The Bertz CT molecular complexity index is 1220. The maximum absolute atomic E-state index is 12.4. The lowest BCUT2D eigenvalue weighted by Gasteiger charge is -2.43. The molecule has 1 saturated heterocycles. The van der Waals surface area contributed by atoms with Crippen molar-refractivity contribution >= 4 is 28.5 Å². The minimum absolute atomic E-state index is 0.178. The first-order valence-corrected chi connectivity index (χ1v) is 11.4. The van der Waals surface area contributed by atoms with Crippen LogP contribution in [0.5, 0.6) is 5.75 Å². The molecule has 8 heteroatoms. The molecule has 2 aromatic heterocycles. The zero-order chi connectivity index (χ0) is 23.2. The first kappa shape index (κ1) is 22.6. The van der Waals surface area contributed by atoms with Gasteiger partial charge in [-0.3, -0.25) is 9.69 Å². The Balaban J connectivity index is 1.87. The van der Waals surface area contributed by atoms with Crippen LogP contribution in [0.25, 0.3) is 11.0 Å². The Kier molecular flexibility index (Phi) is 6.14. The molecule has 0 saturated carbocycles. The SMILES string of the molecule is CCOc1c(C(C)n2ccc(=O)c3c(N)ncnc32)cc(Cl)c(C)c1C1CN(C(C)C)C1. The van der Waals surface area contributed by atoms with E-state index in [1.54, 1.807) is 6.20 Å². The number of ether oxygens (including phenoxy) is 1. The summed E-state index contributed by atoms with van der Waals surface area (Å²) in [7, 11) is 0. The summed E-state index contributed by atoms with van der Waals surface area (Å²) in [4.78, 5) is 23.2. The zero-order valence-corrected chi connectivity index (χ0v) is 20.0. The molecule has 1 atom stereocenters. The van der Waals surface area contributed by atoms with Crippen molar-refractivity contribution in [3.8, 4) is 5.75 Å². The van der Waals surface area contributed by atoms with Crippen molar-refractivity contribution in [3.05, 3.63) is 56.6 Å². The van der Waals surface area contributed by atoms with E-state index in [-0.39, 0.29) is 17.3 Å². The number of nitrogen functional groups attached to an aromatic ring is 1. The number of rotatable bonds is 6. The summed E-state index contributed by atoms with van der Waals surface area (Å²) in [5.41, 5.74) is 9.50. The van der Waals surface area contributed by atoms with Crippen LogP contribution in [0.2, 0.25) is 5.02 Å². The molecule has 1 aromatic carbocycles. The molecule has 1 aliphatic rings. The third kappa shape index (κ3) is 3.73. The van der Waals surface area contributed by atoms with Gasteiger partial charge in [-0.1, -0.05) is 11.6 Å². The Morgan fingerprint density at radius 2 is 2.00 bits per heavy atom. The van der Waals surface area contributed by atoms with Crippen LogP contribution in [0.4, 0.5) is 5.82 Å². The average Bonchev–Trinajstić information content (AvgIpc) is 2.71. The fraction of sp³-hybridized carbons (Fsp3) is 0.458. The van der Waals surface area contributed by atoms with Crippen molar-refractivity contribution in [3.63, 3.8) is 0 Å². The van der Waals surface area contributed by atoms with Gasteiger partial charge in [0.25, 0.3) is 0 Å². The molecule has 3 aromatic rings. The van der Waals surface area contributed by atoms with Gasteiger partial charge >= 0.3 is 0 Å². The van der Waals surface area contributed by atoms with E-state index < -0.39 is 0 Å². The highest BCUT2D eigenvalue weighted by atomic mass is 35.5. The van der Waals surface area contributed by atoms with Gasteiger partial charge in [0.05, 0.1) is 12.6 Å². The summed E-state index contributed by atoms with van der Waals surface area (Å²) in [5, 5.41) is 1.04. The third-order valence-corrected chi connectivity index (χ3v) is 6.88. The number of halogens is 1. The quantitative estimate of drug-likeness (QED) is 0.600. The Labute approximate surface area is 193 Å². The summed E-state index contributed by atoms with van der Waals surface area (Å²) in [6, 6.07) is 3.80. The first-order chi connectivity index (χ1) is 15.2. The number of anilines is 1. The zero-order valence-electron chi connectivity index (χ0n) is 19.2. The normalized spacial score (nSPS) is 15.8. The summed E-state index contributed by atoms with van der Waals surface area (Å²) < 4.78 is 8.18. The molecule has 3 heterocycles.